The molecule has 2 aliphatic carbocycles. The summed E-state index contributed by atoms with van der Waals surface area (Å²) in [6, 6.07) is 0. The van der Waals surface area contributed by atoms with Crippen LogP contribution in [0.3, 0.4) is 0 Å². The molecule has 19 heavy (non-hydrogen) atoms. The Morgan fingerprint density at radius 3 is 1.79 bits per heavy atom. The zero-order chi connectivity index (χ0) is 13.5. The topological polar surface area (TPSA) is 17.1 Å². The second-order valence-electron chi connectivity index (χ2n) is 7.09. The van der Waals surface area contributed by atoms with Gasteiger partial charge in [-0.3, -0.25) is 4.79 Å². The summed E-state index contributed by atoms with van der Waals surface area (Å²) in [5.41, 5.74) is 0. The third kappa shape index (κ3) is 5.28. The molecule has 2 saturated carbocycles. The van der Waals surface area contributed by atoms with Gasteiger partial charge in [-0.05, 0) is 30.6 Å². The van der Waals surface area contributed by atoms with Crippen molar-refractivity contribution < 1.29 is 4.79 Å². The molecule has 0 amide bonds. The maximum Gasteiger partial charge on any atom is 0.132 e. The van der Waals surface area contributed by atoms with E-state index in [2.05, 4.69) is 6.92 Å². The van der Waals surface area contributed by atoms with Crippen molar-refractivity contribution >= 4 is 5.78 Å². The van der Waals surface area contributed by atoms with Gasteiger partial charge in [0.25, 0.3) is 0 Å². The summed E-state index contributed by atoms with van der Waals surface area (Å²) in [5, 5.41) is 0. The number of carbonyl (C=O) groups excluding carboxylic acids is 1. The number of carbonyl (C=O) groups is 1. The molecular formula is C18H32O. The van der Waals surface area contributed by atoms with Crippen LogP contribution in [0.4, 0.5) is 0 Å². The van der Waals surface area contributed by atoms with Gasteiger partial charge in [0, 0.05) is 12.8 Å². The number of unbranched alkanes of at least 4 members (excludes halogenated alkanes) is 1. The zero-order valence-electron chi connectivity index (χ0n) is 12.8. The first-order valence-electron chi connectivity index (χ1n) is 8.79. The molecule has 0 aromatic rings. The Bertz CT molecular complexity index is 253. The molecule has 0 atom stereocenters. The van der Waals surface area contributed by atoms with Gasteiger partial charge in [0.15, 0.2) is 0 Å². The highest BCUT2D eigenvalue weighted by atomic mass is 16.1. The van der Waals surface area contributed by atoms with E-state index in [0.29, 0.717) is 5.78 Å². The van der Waals surface area contributed by atoms with E-state index in [1.807, 2.05) is 0 Å². The molecule has 0 aromatic carbocycles. The average molecular weight is 264 g/mol. The second kappa shape index (κ2) is 8.07. The first-order chi connectivity index (χ1) is 9.28. The van der Waals surface area contributed by atoms with Gasteiger partial charge in [-0.1, -0.05) is 64.7 Å². The summed E-state index contributed by atoms with van der Waals surface area (Å²) in [6.45, 7) is 2.31. The van der Waals surface area contributed by atoms with E-state index in [4.69, 9.17) is 0 Å². The molecule has 1 nitrogen and oxygen atoms in total. The second-order valence-corrected chi connectivity index (χ2v) is 7.09. The Hall–Kier alpha value is -0.330. The Balaban J connectivity index is 1.57. The molecule has 0 aromatic heterocycles. The summed E-state index contributed by atoms with van der Waals surface area (Å²) < 4.78 is 0. The van der Waals surface area contributed by atoms with Gasteiger partial charge >= 0.3 is 0 Å². The Kier molecular flexibility index (Phi) is 6.40. The van der Waals surface area contributed by atoms with Crippen molar-refractivity contribution in [2.24, 2.45) is 17.8 Å². The quantitative estimate of drug-likeness (QED) is 0.617. The molecule has 0 N–H and O–H groups in total. The first-order valence-corrected chi connectivity index (χ1v) is 8.79. The number of hydrogen-bond donors (Lipinski definition) is 0. The van der Waals surface area contributed by atoms with E-state index in [-0.39, 0.29) is 0 Å². The van der Waals surface area contributed by atoms with Crippen LogP contribution in [0, 0.1) is 17.8 Å². The van der Waals surface area contributed by atoms with Gasteiger partial charge in [-0.15, -0.1) is 0 Å². The highest BCUT2D eigenvalue weighted by molar-refractivity contribution is 5.78. The number of rotatable bonds is 6. The van der Waals surface area contributed by atoms with Gasteiger partial charge < -0.3 is 0 Å². The molecule has 0 aliphatic heterocycles. The molecule has 0 heterocycles. The van der Waals surface area contributed by atoms with Crippen LogP contribution in [0.1, 0.15) is 90.4 Å². The van der Waals surface area contributed by atoms with Crippen molar-refractivity contribution in [3.05, 3.63) is 0 Å². The standard InChI is InChI=1S/C18H32O/c1-2-3-4-15-5-7-16(8-6-15)9-10-17-11-13-18(19)14-12-17/h15-17H,2-14H2,1H3. The van der Waals surface area contributed by atoms with Crippen molar-refractivity contribution in [1.82, 2.24) is 0 Å². The van der Waals surface area contributed by atoms with Crippen molar-refractivity contribution in [2.45, 2.75) is 90.4 Å². The van der Waals surface area contributed by atoms with Gasteiger partial charge in [-0.2, -0.15) is 0 Å². The number of ketones is 1. The lowest BCUT2D eigenvalue weighted by molar-refractivity contribution is -0.121. The normalized spacial score (nSPS) is 29.6. The average Bonchev–Trinajstić information content (AvgIpc) is 2.46. The van der Waals surface area contributed by atoms with Gasteiger partial charge in [0.1, 0.15) is 5.78 Å². The fraction of sp³-hybridized carbons (Fsp3) is 0.944. The minimum Gasteiger partial charge on any atom is -0.300 e. The lowest BCUT2D eigenvalue weighted by Crippen LogP contribution is -2.18. The van der Waals surface area contributed by atoms with Crippen LogP contribution in [0.25, 0.3) is 0 Å². The van der Waals surface area contributed by atoms with Crippen LogP contribution >= 0.6 is 0 Å². The van der Waals surface area contributed by atoms with Crippen LogP contribution in [-0.4, -0.2) is 5.78 Å². The maximum atomic E-state index is 11.2. The Morgan fingerprint density at radius 2 is 1.26 bits per heavy atom. The van der Waals surface area contributed by atoms with Crippen LogP contribution in [-0.2, 0) is 4.79 Å². The van der Waals surface area contributed by atoms with E-state index >= 15 is 0 Å². The molecule has 0 saturated heterocycles. The van der Waals surface area contributed by atoms with E-state index in [9.17, 15) is 4.79 Å². The summed E-state index contributed by atoms with van der Waals surface area (Å²) >= 11 is 0. The Morgan fingerprint density at radius 1 is 0.789 bits per heavy atom. The van der Waals surface area contributed by atoms with Crippen LogP contribution in [0.15, 0.2) is 0 Å². The Labute approximate surface area is 119 Å². The van der Waals surface area contributed by atoms with Crippen molar-refractivity contribution in [3.8, 4) is 0 Å². The van der Waals surface area contributed by atoms with E-state index in [1.54, 1.807) is 0 Å². The van der Waals surface area contributed by atoms with E-state index in [0.717, 1.165) is 30.6 Å². The minimum absolute atomic E-state index is 0.507. The summed E-state index contributed by atoms with van der Waals surface area (Å²) in [7, 11) is 0. The summed E-state index contributed by atoms with van der Waals surface area (Å²) in [4.78, 5) is 11.2. The molecule has 2 fully saturated rings. The molecule has 0 unspecified atom stereocenters. The summed E-state index contributed by atoms with van der Waals surface area (Å²) in [6.07, 6.45) is 17.2. The molecule has 1 heteroatoms. The number of Topliss-reactive ketones (excluding diaryl/α,β-unsaturated/α-hetero) is 1. The molecule has 110 valence electrons. The predicted octanol–water partition coefficient (Wildman–Crippen LogP) is 5.52. The first kappa shape index (κ1) is 15.1. The highest BCUT2D eigenvalue weighted by Gasteiger charge is 2.23. The fourth-order valence-corrected chi connectivity index (χ4v) is 4.06. The largest absolute Gasteiger partial charge is 0.300 e. The molecule has 0 bridgehead atoms. The van der Waals surface area contributed by atoms with Gasteiger partial charge in [0.2, 0.25) is 0 Å². The van der Waals surface area contributed by atoms with Gasteiger partial charge in [0.05, 0.1) is 0 Å². The third-order valence-electron chi connectivity index (χ3n) is 5.58. The minimum atomic E-state index is 0.507. The van der Waals surface area contributed by atoms with Crippen LogP contribution < -0.4 is 0 Å². The van der Waals surface area contributed by atoms with Crippen LogP contribution in [0.2, 0.25) is 0 Å². The summed E-state index contributed by atoms with van der Waals surface area (Å²) in [5.74, 6) is 3.43. The van der Waals surface area contributed by atoms with Crippen molar-refractivity contribution in [3.63, 3.8) is 0 Å². The molecular weight excluding hydrogens is 232 g/mol. The van der Waals surface area contributed by atoms with Crippen molar-refractivity contribution in [1.29, 1.82) is 0 Å². The zero-order valence-corrected chi connectivity index (χ0v) is 12.8. The lowest BCUT2D eigenvalue weighted by atomic mass is 9.76. The smallest absolute Gasteiger partial charge is 0.132 e. The molecule has 0 radical (unpaired) electrons. The molecule has 2 aliphatic rings. The molecule has 0 spiro atoms. The van der Waals surface area contributed by atoms with E-state index < -0.39 is 0 Å². The monoisotopic (exact) mass is 264 g/mol. The highest BCUT2D eigenvalue weighted by Crippen LogP contribution is 2.36. The SMILES string of the molecule is CCCCC1CCC(CCC2CCC(=O)CC2)CC1. The fourth-order valence-electron chi connectivity index (χ4n) is 4.06. The lowest BCUT2D eigenvalue weighted by Gasteiger charge is -2.30. The van der Waals surface area contributed by atoms with Crippen LogP contribution in [0.5, 0.6) is 0 Å². The van der Waals surface area contributed by atoms with Crippen molar-refractivity contribution in [2.75, 3.05) is 0 Å². The third-order valence-corrected chi connectivity index (χ3v) is 5.58. The molecule has 2 rings (SSSR count). The number of hydrogen-bond acceptors (Lipinski definition) is 1. The maximum absolute atomic E-state index is 11.2. The predicted molar refractivity (Wildman–Crippen MR) is 81.2 cm³/mol. The van der Waals surface area contributed by atoms with E-state index in [1.165, 1.54) is 70.6 Å². The van der Waals surface area contributed by atoms with Gasteiger partial charge in [-0.25, -0.2) is 0 Å².